The Balaban J connectivity index is 2.21. The van der Waals surface area contributed by atoms with Crippen molar-refractivity contribution in [2.24, 2.45) is 13.0 Å². The lowest BCUT2D eigenvalue weighted by Crippen LogP contribution is -2.46. The van der Waals surface area contributed by atoms with Crippen LogP contribution in [0.25, 0.3) is 0 Å². The normalized spacial score (nSPS) is 24.4. The van der Waals surface area contributed by atoms with Crippen LogP contribution in [0.3, 0.4) is 0 Å². The first-order valence-corrected chi connectivity index (χ1v) is 6.39. The lowest BCUT2D eigenvalue weighted by molar-refractivity contribution is 0.0247. The first-order chi connectivity index (χ1) is 8.41. The minimum absolute atomic E-state index is 0.0101. The molecule has 0 bridgehead atoms. The predicted molar refractivity (Wildman–Crippen MR) is 68.4 cm³/mol. The minimum atomic E-state index is -0.417. The van der Waals surface area contributed by atoms with Gasteiger partial charge in [-0.15, -0.1) is 0 Å². The van der Waals surface area contributed by atoms with E-state index in [1.54, 1.807) is 9.58 Å². The highest BCUT2D eigenvalue weighted by molar-refractivity contribution is 5.96. The van der Waals surface area contributed by atoms with Crippen molar-refractivity contribution in [1.82, 2.24) is 14.7 Å². The van der Waals surface area contributed by atoms with E-state index in [4.69, 9.17) is 0 Å². The number of rotatable bonds is 1. The van der Waals surface area contributed by atoms with Gasteiger partial charge < -0.3 is 10.0 Å². The average molecular weight is 251 g/mol. The van der Waals surface area contributed by atoms with Crippen molar-refractivity contribution in [1.29, 1.82) is 0 Å². The van der Waals surface area contributed by atoms with E-state index >= 15 is 0 Å². The number of aryl methyl sites for hydroxylation is 2. The van der Waals surface area contributed by atoms with Crippen LogP contribution in [0.5, 0.6) is 0 Å². The van der Waals surface area contributed by atoms with E-state index < -0.39 is 6.10 Å². The highest BCUT2D eigenvalue weighted by Crippen LogP contribution is 2.21. The smallest absolute Gasteiger partial charge is 0.257 e. The number of amides is 1. The first-order valence-electron chi connectivity index (χ1n) is 6.39. The largest absolute Gasteiger partial charge is 0.391 e. The van der Waals surface area contributed by atoms with Gasteiger partial charge in [-0.3, -0.25) is 9.48 Å². The first kappa shape index (κ1) is 13.1. The molecule has 1 saturated heterocycles. The number of aliphatic hydroxyl groups is 1. The van der Waals surface area contributed by atoms with Gasteiger partial charge in [0.15, 0.2) is 0 Å². The Morgan fingerprint density at radius 3 is 2.61 bits per heavy atom. The van der Waals surface area contributed by atoms with Crippen molar-refractivity contribution in [2.75, 3.05) is 13.1 Å². The second-order valence-electron chi connectivity index (χ2n) is 5.25. The van der Waals surface area contributed by atoms with Crippen LogP contribution in [0, 0.1) is 19.8 Å². The maximum Gasteiger partial charge on any atom is 0.257 e. The molecule has 0 saturated carbocycles. The van der Waals surface area contributed by atoms with Gasteiger partial charge in [0.2, 0.25) is 0 Å². The molecule has 0 spiro atoms. The second kappa shape index (κ2) is 4.72. The summed E-state index contributed by atoms with van der Waals surface area (Å²) < 4.78 is 1.73. The molecule has 1 aliphatic heterocycles. The van der Waals surface area contributed by atoms with Crippen LogP contribution < -0.4 is 0 Å². The fraction of sp³-hybridized carbons (Fsp3) is 0.692. The van der Waals surface area contributed by atoms with Crippen LogP contribution in [0.1, 0.15) is 35.1 Å². The summed E-state index contributed by atoms with van der Waals surface area (Å²) in [6.45, 7) is 6.91. The molecule has 1 aromatic heterocycles. The van der Waals surface area contributed by atoms with E-state index in [0.717, 1.165) is 17.8 Å². The molecule has 1 amide bonds. The number of likely N-dealkylation sites (tertiary alicyclic amines) is 1. The number of hydrogen-bond donors (Lipinski definition) is 1. The number of β-amino-alcohol motifs (C(OH)–C–C–N with tert-alkyl or cyclic N) is 1. The van der Waals surface area contributed by atoms with Crippen molar-refractivity contribution in [3.05, 3.63) is 17.0 Å². The van der Waals surface area contributed by atoms with Crippen LogP contribution in [-0.4, -0.2) is 44.9 Å². The van der Waals surface area contributed by atoms with Crippen molar-refractivity contribution >= 4 is 5.91 Å². The zero-order valence-corrected chi connectivity index (χ0v) is 11.5. The van der Waals surface area contributed by atoms with Crippen LogP contribution in [-0.2, 0) is 7.05 Å². The van der Waals surface area contributed by atoms with Gasteiger partial charge >= 0.3 is 0 Å². The Labute approximate surface area is 107 Å². The number of aliphatic hydroxyl groups excluding tert-OH is 1. The van der Waals surface area contributed by atoms with Crippen molar-refractivity contribution in [3.8, 4) is 0 Å². The summed E-state index contributed by atoms with van der Waals surface area (Å²) in [6.07, 6.45) is 0.436. The maximum absolute atomic E-state index is 12.5. The van der Waals surface area contributed by atoms with E-state index in [9.17, 15) is 9.90 Å². The molecule has 2 atom stereocenters. The molecule has 2 rings (SSSR count). The van der Waals surface area contributed by atoms with Gasteiger partial charge in [-0.25, -0.2) is 0 Å². The molecule has 100 valence electrons. The van der Waals surface area contributed by atoms with Gasteiger partial charge in [0, 0.05) is 25.8 Å². The van der Waals surface area contributed by atoms with Gasteiger partial charge in [-0.2, -0.15) is 5.10 Å². The molecule has 0 aliphatic carbocycles. The highest BCUT2D eigenvalue weighted by Gasteiger charge is 2.30. The summed E-state index contributed by atoms with van der Waals surface area (Å²) in [4.78, 5) is 14.2. The van der Waals surface area contributed by atoms with Crippen LogP contribution in [0.15, 0.2) is 0 Å². The number of aromatic nitrogens is 2. The third-order valence-electron chi connectivity index (χ3n) is 3.93. The average Bonchev–Trinajstić information content (AvgIpc) is 2.56. The number of carbonyl (C=O) groups is 1. The quantitative estimate of drug-likeness (QED) is 0.806. The number of nitrogens with zero attached hydrogens (tertiary/aromatic N) is 3. The van der Waals surface area contributed by atoms with Gasteiger partial charge in [0.05, 0.1) is 17.4 Å². The highest BCUT2D eigenvalue weighted by atomic mass is 16.3. The Kier molecular flexibility index (Phi) is 3.43. The molecule has 2 heterocycles. The molecule has 1 fully saturated rings. The molecular weight excluding hydrogens is 230 g/mol. The van der Waals surface area contributed by atoms with E-state index in [1.807, 2.05) is 27.8 Å². The van der Waals surface area contributed by atoms with Crippen molar-refractivity contribution in [2.45, 2.75) is 33.3 Å². The predicted octanol–water partition coefficient (Wildman–Crippen LogP) is 0.880. The molecule has 1 N–H and O–H groups in total. The van der Waals surface area contributed by atoms with E-state index in [1.165, 1.54) is 0 Å². The van der Waals surface area contributed by atoms with Gasteiger partial charge in [0.25, 0.3) is 5.91 Å². The number of carbonyl (C=O) groups excluding carboxylic acids is 1. The third kappa shape index (κ3) is 2.14. The summed E-state index contributed by atoms with van der Waals surface area (Å²) in [5.41, 5.74) is 2.32. The second-order valence-corrected chi connectivity index (χ2v) is 5.25. The summed E-state index contributed by atoms with van der Waals surface area (Å²) >= 11 is 0. The summed E-state index contributed by atoms with van der Waals surface area (Å²) in [6, 6.07) is 0. The molecule has 1 aromatic rings. The molecule has 0 radical (unpaired) electrons. The lowest BCUT2D eigenvalue weighted by Gasteiger charge is -2.34. The van der Waals surface area contributed by atoms with Crippen LogP contribution in [0.2, 0.25) is 0 Å². The van der Waals surface area contributed by atoms with Crippen molar-refractivity contribution < 1.29 is 9.90 Å². The molecule has 1 aliphatic rings. The molecule has 0 aromatic carbocycles. The van der Waals surface area contributed by atoms with Crippen LogP contribution in [0.4, 0.5) is 0 Å². The SMILES string of the molecule is Cc1nn(C)c(C)c1C(=O)N1CCC(C)C(O)C1. The Morgan fingerprint density at radius 2 is 2.11 bits per heavy atom. The Hall–Kier alpha value is -1.36. The van der Waals surface area contributed by atoms with E-state index in [0.29, 0.717) is 18.7 Å². The Bertz CT molecular complexity index is 467. The lowest BCUT2D eigenvalue weighted by atomic mass is 9.95. The van der Waals surface area contributed by atoms with Gasteiger partial charge in [0.1, 0.15) is 0 Å². The Morgan fingerprint density at radius 1 is 1.44 bits per heavy atom. The molecule has 18 heavy (non-hydrogen) atoms. The molecular formula is C13H21N3O2. The number of hydrogen-bond acceptors (Lipinski definition) is 3. The topological polar surface area (TPSA) is 58.4 Å². The fourth-order valence-corrected chi connectivity index (χ4v) is 2.47. The molecule has 2 unspecified atom stereocenters. The number of piperidine rings is 1. The minimum Gasteiger partial charge on any atom is -0.391 e. The third-order valence-corrected chi connectivity index (χ3v) is 3.93. The molecule has 5 nitrogen and oxygen atoms in total. The van der Waals surface area contributed by atoms with Crippen LogP contribution >= 0.6 is 0 Å². The monoisotopic (exact) mass is 251 g/mol. The molecule has 5 heteroatoms. The summed E-state index contributed by atoms with van der Waals surface area (Å²) in [5.74, 6) is 0.259. The summed E-state index contributed by atoms with van der Waals surface area (Å²) in [5, 5.41) is 14.1. The van der Waals surface area contributed by atoms with E-state index in [2.05, 4.69) is 5.10 Å². The van der Waals surface area contributed by atoms with Gasteiger partial charge in [-0.05, 0) is 26.2 Å². The fourth-order valence-electron chi connectivity index (χ4n) is 2.47. The summed E-state index contributed by atoms with van der Waals surface area (Å²) in [7, 11) is 1.84. The standard InChI is InChI=1S/C13H21N3O2/c1-8-5-6-16(7-11(8)17)13(18)12-9(2)14-15(4)10(12)3/h8,11,17H,5-7H2,1-4H3. The zero-order chi connectivity index (χ0) is 13.4. The van der Waals surface area contributed by atoms with Gasteiger partial charge in [-0.1, -0.05) is 6.92 Å². The maximum atomic E-state index is 12.5. The zero-order valence-electron chi connectivity index (χ0n) is 11.5. The van der Waals surface area contributed by atoms with Crippen molar-refractivity contribution in [3.63, 3.8) is 0 Å². The van der Waals surface area contributed by atoms with E-state index in [-0.39, 0.29) is 11.8 Å².